The van der Waals surface area contributed by atoms with E-state index in [-0.39, 0.29) is 0 Å². The van der Waals surface area contributed by atoms with Crippen LogP contribution >= 0.6 is 0 Å². The van der Waals surface area contributed by atoms with Gasteiger partial charge in [-0.05, 0) is 23.8 Å². The molecule has 0 amide bonds. The van der Waals surface area contributed by atoms with E-state index >= 15 is 0 Å². The van der Waals surface area contributed by atoms with Crippen molar-refractivity contribution in [3.8, 4) is 6.07 Å². The molecule has 4 heteroatoms. The Kier molecular flexibility index (Phi) is 4.15. The summed E-state index contributed by atoms with van der Waals surface area (Å²) in [6.45, 7) is 6.35. The van der Waals surface area contributed by atoms with Crippen molar-refractivity contribution in [2.45, 2.75) is 26.7 Å². The molecule has 2 heterocycles. The molecule has 0 radical (unpaired) electrons. The molecule has 1 aliphatic heterocycles. The largest absolute Gasteiger partial charge is 0.423 e. The van der Waals surface area contributed by atoms with Crippen LogP contribution in [0.4, 0.5) is 5.88 Å². The van der Waals surface area contributed by atoms with Crippen LogP contribution in [-0.2, 0) is 6.42 Å². The normalized spacial score (nSPS) is 21.6. The van der Waals surface area contributed by atoms with Gasteiger partial charge in [-0.2, -0.15) is 5.26 Å². The maximum Gasteiger partial charge on any atom is 0.234 e. The molecular weight excluding hydrogens is 274 g/mol. The lowest BCUT2D eigenvalue weighted by atomic mass is 9.92. The van der Waals surface area contributed by atoms with Gasteiger partial charge >= 0.3 is 0 Å². The summed E-state index contributed by atoms with van der Waals surface area (Å²) in [4.78, 5) is 6.56. The second-order valence-corrected chi connectivity index (χ2v) is 6.39. The number of anilines is 1. The van der Waals surface area contributed by atoms with Crippen LogP contribution in [0, 0.1) is 23.2 Å². The highest BCUT2D eigenvalue weighted by Gasteiger charge is 2.27. The smallest absolute Gasteiger partial charge is 0.234 e. The van der Waals surface area contributed by atoms with Gasteiger partial charge in [0.2, 0.25) is 17.5 Å². The van der Waals surface area contributed by atoms with Crippen molar-refractivity contribution in [3.05, 3.63) is 47.5 Å². The SMILES string of the molecule is C[C@H]1C[C@H](C)CN(c2oc(Cc3ccccc3)nc2C#N)C1. The first-order valence-electron chi connectivity index (χ1n) is 7.84. The lowest BCUT2D eigenvalue weighted by Gasteiger charge is -2.34. The second-order valence-electron chi connectivity index (χ2n) is 6.39. The van der Waals surface area contributed by atoms with E-state index in [4.69, 9.17) is 4.42 Å². The predicted molar refractivity (Wildman–Crippen MR) is 85.6 cm³/mol. The Hall–Kier alpha value is -2.28. The van der Waals surface area contributed by atoms with Crippen LogP contribution in [0.25, 0.3) is 0 Å². The second kappa shape index (κ2) is 6.23. The first kappa shape index (κ1) is 14.6. The van der Waals surface area contributed by atoms with Gasteiger partial charge in [-0.25, -0.2) is 4.98 Å². The molecule has 0 unspecified atom stereocenters. The predicted octanol–water partition coefficient (Wildman–Crippen LogP) is 3.62. The summed E-state index contributed by atoms with van der Waals surface area (Å²) in [7, 11) is 0. The minimum absolute atomic E-state index is 0.409. The van der Waals surface area contributed by atoms with Crippen LogP contribution in [0.5, 0.6) is 0 Å². The third kappa shape index (κ3) is 3.14. The molecule has 1 aliphatic rings. The minimum atomic E-state index is 0.409. The van der Waals surface area contributed by atoms with Gasteiger partial charge in [-0.3, -0.25) is 0 Å². The summed E-state index contributed by atoms with van der Waals surface area (Å²) >= 11 is 0. The number of benzene rings is 1. The Morgan fingerprint density at radius 1 is 1.23 bits per heavy atom. The molecule has 1 aromatic heterocycles. The van der Waals surface area contributed by atoms with E-state index in [2.05, 4.69) is 29.8 Å². The summed E-state index contributed by atoms with van der Waals surface area (Å²) in [5.41, 5.74) is 1.55. The molecule has 3 rings (SSSR count). The molecule has 2 atom stereocenters. The summed E-state index contributed by atoms with van der Waals surface area (Å²) in [6, 6.07) is 12.3. The summed E-state index contributed by atoms with van der Waals surface area (Å²) < 4.78 is 5.94. The van der Waals surface area contributed by atoms with E-state index in [0.717, 1.165) is 18.7 Å². The molecular formula is C18H21N3O. The molecule has 114 valence electrons. The fourth-order valence-electron chi connectivity index (χ4n) is 3.32. The molecule has 2 aromatic rings. The third-order valence-electron chi connectivity index (χ3n) is 4.11. The minimum Gasteiger partial charge on any atom is -0.423 e. The van der Waals surface area contributed by atoms with E-state index in [1.165, 1.54) is 6.42 Å². The number of piperidine rings is 1. The molecule has 0 spiro atoms. The van der Waals surface area contributed by atoms with Gasteiger partial charge in [0.1, 0.15) is 6.07 Å². The highest BCUT2D eigenvalue weighted by molar-refractivity contribution is 5.48. The van der Waals surface area contributed by atoms with Crippen LogP contribution < -0.4 is 4.90 Å². The first-order chi connectivity index (χ1) is 10.7. The Morgan fingerprint density at radius 2 is 1.91 bits per heavy atom. The van der Waals surface area contributed by atoms with Crippen molar-refractivity contribution in [1.29, 1.82) is 5.26 Å². The molecule has 0 bridgehead atoms. The zero-order valence-electron chi connectivity index (χ0n) is 13.1. The van der Waals surface area contributed by atoms with Crippen LogP contribution in [0.15, 0.2) is 34.7 Å². The molecule has 0 N–H and O–H groups in total. The number of hydrogen-bond donors (Lipinski definition) is 0. The van der Waals surface area contributed by atoms with Gasteiger partial charge < -0.3 is 9.32 Å². The molecule has 0 saturated carbocycles. The molecule has 1 fully saturated rings. The van der Waals surface area contributed by atoms with Gasteiger partial charge in [0.05, 0.1) is 0 Å². The van der Waals surface area contributed by atoms with Crippen molar-refractivity contribution in [2.75, 3.05) is 18.0 Å². The molecule has 22 heavy (non-hydrogen) atoms. The first-order valence-corrected chi connectivity index (χ1v) is 7.84. The molecule has 4 nitrogen and oxygen atoms in total. The average Bonchev–Trinajstić information content (AvgIpc) is 2.90. The van der Waals surface area contributed by atoms with E-state index in [0.29, 0.717) is 35.7 Å². The standard InChI is InChI=1S/C18H21N3O/c1-13-8-14(2)12-21(11-13)18-16(10-19)20-17(22-18)9-15-6-4-3-5-7-15/h3-7,13-14H,8-9,11-12H2,1-2H3/t13-,14-/m0/s1. The maximum atomic E-state index is 9.36. The summed E-state index contributed by atoms with van der Waals surface area (Å²) in [6.07, 6.45) is 1.85. The Morgan fingerprint density at radius 3 is 2.55 bits per heavy atom. The topological polar surface area (TPSA) is 53.1 Å². The van der Waals surface area contributed by atoms with Gasteiger partial charge in [-0.15, -0.1) is 0 Å². The number of oxazole rings is 1. The lowest BCUT2D eigenvalue weighted by molar-refractivity contribution is 0.341. The lowest BCUT2D eigenvalue weighted by Crippen LogP contribution is -2.38. The van der Waals surface area contributed by atoms with Crippen molar-refractivity contribution < 1.29 is 4.42 Å². The van der Waals surface area contributed by atoms with Crippen molar-refractivity contribution in [2.24, 2.45) is 11.8 Å². The monoisotopic (exact) mass is 295 g/mol. The van der Waals surface area contributed by atoms with Crippen LogP contribution in [-0.4, -0.2) is 18.1 Å². The zero-order chi connectivity index (χ0) is 15.5. The number of nitriles is 1. The van der Waals surface area contributed by atoms with E-state index in [9.17, 15) is 5.26 Å². The fourth-order valence-corrected chi connectivity index (χ4v) is 3.32. The van der Waals surface area contributed by atoms with Gasteiger partial charge in [0, 0.05) is 19.5 Å². The maximum absolute atomic E-state index is 9.36. The molecule has 0 aliphatic carbocycles. The highest BCUT2D eigenvalue weighted by Crippen LogP contribution is 2.29. The van der Waals surface area contributed by atoms with E-state index < -0.39 is 0 Å². The van der Waals surface area contributed by atoms with Gasteiger partial charge in [0.15, 0.2) is 0 Å². The third-order valence-corrected chi connectivity index (χ3v) is 4.11. The quantitative estimate of drug-likeness (QED) is 0.868. The average molecular weight is 295 g/mol. The van der Waals surface area contributed by atoms with Crippen molar-refractivity contribution in [3.63, 3.8) is 0 Å². The Bertz CT molecular complexity index is 661. The van der Waals surface area contributed by atoms with Crippen molar-refractivity contribution >= 4 is 5.88 Å². The van der Waals surface area contributed by atoms with Crippen molar-refractivity contribution in [1.82, 2.24) is 4.98 Å². The zero-order valence-corrected chi connectivity index (χ0v) is 13.1. The number of rotatable bonds is 3. The fraction of sp³-hybridized carbons (Fsp3) is 0.444. The summed E-state index contributed by atoms with van der Waals surface area (Å²) in [5, 5.41) is 9.36. The van der Waals surface area contributed by atoms with E-state index in [1.807, 2.05) is 30.3 Å². The van der Waals surface area contributed by atoms with Gasteiger partial charge in [-0.1, -0.05) is 44.2 Å². The number of hydrogen-bond acceptors (Lipinski definition) is 4. The van der Waals surface area contributed by atoms with Crippen LogP contribution in [0.3, 0.4) is 0 Å². The van der Waals surface area contributed by atoms with Crippen LogP contribution in [0.1, 0.15) is 37.4 Å². The number of aromatic nitrogens is 1. The Balaban J connectivity index is 1.84. The Labute approximate surface area is 131 Å². The molecule has 1 aromatic carbocycles. The van der Waals surface area contributed by atoms with E-state index in [1.54, 1.807) is 0 Å². The van der Waals surface area contributed by atoms with Crippen LogP contribution in [0.2, 0.25) is 0 Å². The number of nitrogens with zero attached hydrogens (tertiary/aromatic N) is 3. The van der Waals surface area contributed by atoms with Gasteiger partial charge in [0.25, 0.3) is 0 Å². The summed E-state index contributed by atoms with van der Waals surface area (Å²) in [5.74, 6) is 2.48. The molecule has 1 saturated heterocycles. The highest BCUT2D eigenvalue weighted by atomic mass is 16.4.